The van der Waals surface area contributed by atoms with Gasteiger partial charge in [-0.25, -0.2) is 14.4 Å². The smallest absolute Gasteiger partial charge is 0.352 e. The predicted octanol–water partition coefficient (Wildman–Crippen LogP) is 0.187. The van der Waals surface area contributed by atoms with Gasteiger partial charge in [0.2, 0.25) is 22.9 Å². The molecule has 0 saturated carbocycles. The Morgan fingerprint density at radius 3 is 2.31 bits per heavy atom. The quantitative estimate of drug-likeness (QED) is 0.0687. The molecule has 2 aliphatic rings. The van der Waals surface area contributed by atoms with Gasteiger partial charge < -0.3 is 37.3 Å². The molecule has 0 radical (unpaired) electrons. The largest absolute Gasteiger partial charge is 0.508 e. The van der Waals surface area contributed by atoms with Crippen molar-refractivity contribution < 1.29 is 39.0 Å². The highest BCUT2D eigenvalue weighted by Gasteiger charge is 2.57. The number of aliphatic carboxylic acids is 1. The Labute approximate surface area is 343 Å². The molecule has 1 saturated heterocycles. The van der Waals surface area contributed by atoms with E-state index in [1.54, 1.807) is 25.2 Å². The number of anilines is 1. The molecule has 0 aliphatic carbocycles. The lowest BCUT2D eigenvalue weighted by atomic mass is 9.98. The molecule has 2 aliphatic heterocycles. The zero-order chi connectivity index (χ0) is 42.7. The number of aryl methyl sites for hydroxylation is 1. The second-order valence-corrected chi connectivity index (χ2v) is 15.6. The second kappa shape index (κ2) is 17.6. The van der Waals surface area contributed by atoms with E-state index in [1.807, 2.05) is 0 Å². The van der Waals surface area contributed by atoms with Crippen LogP contribution in [0.1, 0.15) is 36.9 Å². The number of H-pyrrole nitrogens is 1. The van der Waals surface area contributed by atoms with Gasteiger partial charge in [0.15, 0.2) is 0 Å². The van der Waals surface area contributed by atoms with Crippen LogP contribution in [0, 0.1) is 0 Å². The minimum absolute atomic E-state index is 0.0493. The monoisotopic (exact) mass is 845 g/mol. The third kappa shape index (κ3) is 8.89. The van der Waals surface area contributed by atoms with Crippen molar-refractivity contribution in [3.63, 3.8) is 0 Å². The highest BCUT2D eigenvalue weighted by molar-refractivity contribution is 8.01. The van der Waals surface area contributed by atoms with Crippen LogP contribution in [0.3, 0.4) is 0 Å². The Morgan fingerprint density at radius 2 is 1.71 bits per heavy atom. The van der Waals surface area contributed by atoms with Crippen molar-refractivity contribution >= 4 is 64.7 Å². The number of imide groups is 1. The number of phenolic OH excluding ortho intramolecular Hbond substituents is 1. The molecule has 5 amide bonds. The lowest BCUT2D eigenvalue weighted by Crippen LogP contribution is -2.71. The predicted molar refractivity (Wildman–Crippen MR) is 214 cm³/mol. The molecule has 6 rings (SSSR count). The number of hydrogen-bond acceptors (Lipinski definition) is 15. The zero-order valence-corrected chi connectivity index (χ0v) is 33.2. The normalized spacial score (nSPS) is 17.1. The lowest BCUT2D eigenvalue weighted by Gasteiger charge is -2.53. The van der Waals surface area contributed by atoms with Crippen LogP contribution in [0.5, 0.6) is 5.75 Å². The molecule has 59 heavy (non-hydrogen) atoms. The van der Waals surface area contributed by atoms with Gasteiger partial charge in [0.25, 0.3) is 17.4 Å². The minimum atomic E-state index is -1.32. The van der Waals surface area contributed by atoms with Gasteiger partial charge in [0, 0.05) is 43.2 Å². The fourth-order valence-electron chi connectivity index (χ4n) is 6.56. The van der Waals surface area contributed by atoms with Gasteiger partial charge in [-0.2, -0.15) is 0 Å². The second-order valence-electron chi connectivity index (χ2n) is 13.6. The molecule has 9 N–H and O–H groups in total. The first-order valence-electron chi connectivity index (χ1n) is 17.9. The van der Waals surface area contributed by atoms with E-state index < -0.39 is 64.6 Å². The number of amides is 5. The van der Waals surface area contributed by atoms with Crippen molar-refractivity contribution in [2.24, 2.45) is 24.2 Å². The molecule has 4 atom stereocenters. The number of phenols is 1. The van der Waals surface area contributed by atoms with E-state index in [2.05, 4.69) is 20.5 Å². The van der Waals surface area contributed by atoms with Gasteiger partial charge in [0.1, 0.15) is 28.9 Å². The Kier molecular flexibility index (Phi) is 12.6. The Bertz CT molecular complexity index is 2400. The number of benzene rings is 2. The third-order valence-electron chi connectivity index (χ3n) is 9.64. The van der Waals surface area contributed by atoms with Crippen LogP contribution < -0.4 is 27.7 Å². The first-order valence-corrected chi connectivity index (χ1v) is 19.9. The number of nitrogens with two attached hydrogens (primary N) is 3. The Hall–Kier alpha value is -6.36. The molecule has 22 heteroatoms. The van der Waals surface area contributed by atoms with Crippen LogP contribution in [0.25, 0.3) is 11.3 Å². The van der Waals surface area contributed by atoms with Gasteiger partial charge in [-0.3, -0.25) is 33.7 Å². The number of aromatic nitrogens is 5. The average molecular weight is 846 g/mol. The lowest BCUT2D eigenvalue weighted by molar-refractivity contribution is -0.161. The molecule has 308 valence electrons. The number of nitrogens with one attached hydrogen (secondary N) is 1. The van der Waals surface area contributed by atoms with E-state index in [0.29, 0.717) is 27.6 Å². The number of hydrogen-bond donors (Lipinski definition) is 6. The van der Waals surface area contributed by atoms with Crippen molar-refractivity contribution in [3.05, 3.63) is 93.4 Å². The maximum atomic E-state index is 14.2. The summed E-state index contributed by atoms with van der Waals surface area (Å²) in [4.78, 5) is 97.1. The number of aromatic amines is 1. The molecular formula is C37H39N11O9S2. The Balaban J connectivity index is 1.26. The van der Waals surface area contributed by atoms with Gasteiger partial charge >= 0.3 is 5.97 Å². The fraction of sp³-hybridized carbons (Fsp3) is 0.297. The highest BCUT2D eigenvalue weighted by atomic mass is 32.2. The van der Waals surface area contributed by atoms with Crippen LogP contribution in [0.4, 0.5) is 5.69 Å². The summed E-state index contributed by atoms with van der Waals surface area (Å²) in [6, 6.07) is 11.1. The van der Waals surface area contributed by atoms with E-state index in [0.717, 1.165) is 9.80 Å². The standard InChI is InChI=1S/C37H39N11O9S2/c1-18(49)47(32(53)25(38)12-14-27(39)51)23-8-3-19(4-9-23)26-13-7-21(31(52)41-26)15-46(33(54)28(40)20-5-10-24(50)11-6-20)30-34(55)48-29(36(56)57)22(16-58-35(30)48)17-59-37-42-43-44-45(37)2/h3-11,13,25,28,30,35,50H,12,14-17,38,40H2,1-2H3,(H2,39,51)(H,41,52)(H,56,57)/t25-,28?,30?,35-/m0/s1. The number of pyridine rings is 1. The number of carbonyl (C=O) groups excluding carboxylic acids is 5. The molecular weight excluding hydrogens is 807 g/mol. The molecule has 1 fully saturated rings. The van der Waals surface area contributed by atoms with E-state index in [1.165, 1.54) is 82.5 Å². The number of tetrazole rings is 1. The van der Waals surface area contributed by atoms with Crippen LogP contribution in [-0.2, 0) is 42.4 Å². The SMILES string of the molecule is CC(=O)N(C(=O)[C@@H](N)CCC(N)=O)c1ccc(-c2ccc(CN(C(=O)C(N)c3ccc(O)cc3)C3C(=O)N4C(C(=O)O)=C(CSc5nnnn5C)CS[C@@H]34)c(=O)[nH]2)cc1. The number of rotatable bonds is 15. The molecule has 2 aromatic carbocycles. The van der Waals surface area contributed by atoms with Crippen molar-refractivity contribution in [2.75, 3.05) is 16.4 Å². The maximum Gasteiger partial charge on any atom is 0.352 e. The first kappa shape index (κ1) is 42.3. The number of thioether (sulfide) groups is 2. The minimum Gasteiger partial charge on any atom is -0.508 e. The molecule has 2 aromatic heterocycles. The maximum absolute atomic E-state index is 14.2. The highest BCUT2D eigenvalue weighted by Crippen LogP contribution is 2.44. The number of β-lactam (4-membered cyclic amide) rings is 1. The summed E-state index contributed by atoms with van der Waals surface area (Å²) in [5, 5.41) is 31.0. The molecule has 2 unspecified atom stereocenters. The van der Waals surface area contributed by atoms with Crippen molar-refractivity contribution in [1.29, 1.82) is 0 Å². The molecule has 0 spiro atoms. The van der Waals surface area contributed by atoms with Crippen molar-refractivity contribution in [1.82, 2.24) is 35.0 Å². The number of aromatic hydroxyl groups is 1. The van der Waals surface area contributed by atoms with Crippen LogP contribution in [0.2, 0.25) is 0 Å². The zero-order valence-electron chi connectivity index (χ0n) is 31.5. The average Bonchev–Trinajstić information content (AvgIpc) is 3.62. The van der Waals surface area contributed by atoms with Gasteiger partial charge in [-0.05, 0) is 69.9 Å². The van der Waals surface area contributed by atoms with E-state index in [4.69, 9.17) is 17.2 Å². The summed E-state index contributed by atoms with van der Waals surface area (Å²) < 4.78 is 1.43. The van der Waals surface area contributed by atoms with Gasteiger partial charge in [-0.15, -0.1) is 16.9 Å². The molecule has 20 nitrogen and oxygen atoms in total. The summed E-state index contributed by atoms with van der Waals surface area (Å²) in [5.41, 5.74) is 18.6. The third-order valence-corrected chi connectivity index (χ3v) is 12.1. The number of carboxylic acids is 1. The number of fused-ring (bicyclic) bond motifs is 1. The number of carbonyl (C=O) groups is 6. The number of carboxylic acid groups (broad SMARTS) is 1. The number of primary amides is 1. The first-order chi connectivity index (χ1) is 28.1. The summed E-state index contributed by atoms with van der Waals surface area (Å²) in [6.07, 6.45) is -0.187. The van der Waals surface area contributed by atoms with Crippen LogP contribution in [0.15, 0.2) is 81.9 Å². The van der Waals surface area contributed by atoms with E-state index in [9.17, 15) is 43.8 Å². The molecule has 4 heterocycles. The van der Waals surface area contributed by atoms with Crippen LogP contribution in [-0.4, -0.2) is 110 Å². The van der Waals surface area contributed by atoms with Gasteiger partial charge in [-0.1, -0.05) is 36.0 Å². The van der Waals surface area contributed by atoms with Gasteiger partial charge in [0.05, 0.1) is 18.3 Å². The molecule has 4 aromatic rings. The summed E-state index contributed by atoms with van der Waals surface area (Å²) in [5.74, 6) is -4.34. The van der Waals surface area contributed by atoms with E-state index in [-0.39, 0.29) is 53.6 Å². The van der Waals surface area contributed by atoms with Crippen LogP contribution >= 0.6 is 23.5 Å². The molecule has 0 bridgehead atoms. The summed E-state index contributed by atoms with van der Waals surface area (Å²) in [7, 11) is 1.64. The number of nitrogens with zero attached hydrogens (tertiary/aromatic N) is 7. The Morgan fingerprint density at radius 1 is 1.02 bits per heavy atom. The van der Waals surface area contributed by atoms with Crippen molar-refractivity contribution in [2.45, 2.75) is 55.0 Å². The van der Waals surface area contributed by atoms with E-state index >= 15 is 0 Å². The van der Waals surface area contributed by atoms with Crippen molar-refractivity contribution in [3.8, 4) is 17.0 Å². The summed E-state index contributed by atoms with van der Waals surface area (Å²) in [6.45, 7) is 0.815. The fourth-order valence-corrected chi connectivity index (χ4v) is 8.96. The topological polar surface area (TPSA) is 307 Å². The summed E-state index contributed by atoms with van der Waals surface area (Å²) >= 11 is 2.47.